The number of hydrogen-bond donors (Lipinski definition) is 0. The molecule has 3 aromatic rings. The van der Waals surface area contributed by atoms with E-state index in [2.05, 4.69) is 10.2 Å². The molecule has 0 N–H and O–H groups in total. The first-order valence-electron chi connectivity index (χ1n) is 9.12. The Morgan fingerprint density at radius 1 is 1.19 bits per heavy atom. The molecule has 1 aliphatic heterocycles. The van der Waals surface area contributed by atoms with Gasteiger partial charge in [-0.05, 0) is 49.9 Å². The van der Waals surface area contributed by atoms with E-state index in [1.54, 1.807) is 10.7 Å². The number of hydrogen-bond acceptors (Lipinski definition) is 3. The normalized spacial score (nSPS) is 17.4. The Balaban J connectivity index is 1.53. The highest BCUT2D eigenvalue weighted by atomic mass is 16.2. The lowest BCUT2D eigenvalue weighted by atomic mass is 10.0. The zero-order valence-electron chi connectivity index (χ0n) is 15.0. The maximum atomic E-state index is 13.1. The minimum atomic E-state index is 0.00765. The van der Waals surface area contributed by atoms with E-state index in [0.717, 1.165) is 43.6 Å². The smallest absolute Gasteiger partial charge is 0.274 e. The first-order chi connectivity index (χ1) is 12.7. The average molecular weight is 349 g/mol. The highest BCUT2D eigenvalue weighted by molar-refractivity contribution is 5.92. The van der Waals surface area contributed by atoms with Gasteiger partial charge in [0.05, 0.1) is 24.5 Å². The molecular weight excluding hydrogens is 326 g/mol. The molecule has 1 aromatic carbocycles. The Morgan fingerprint density at radius 3 is 2.81 bits per heavy atom. The summed E-state index contributed by atoms with van der Waals surface area (Å²) in [4.78, 5) is 15.0. The van der Waals surface area contributed by atoms with E-state index < -0.39 is 0 Å². The number of nitrogens with zero attached hydrogens (tertiary/aromatic N) is 5. The summed E-state index contributed by atoms with van der Waals surface area (Å²) >= 11 is 0. The summed E-state index contributed by atoms with van der Waals surface area (Å²) in [5, 5.41) is 8.88. The fraction of sp³-hybridized carbons (Fsp3) is 0.350. The van der Waals surface area contributed by atoms with Crippen LogP contribution in [0.5, 0.6) is 0 Å². The van der Waals surface area contributed by atoms with Gasteiger partial charge in [0.1, 0.15) is 0 Å². The Kier molecular flexibility index (Phi) is 4.56. The lowest BCUT2D eigenvalue weighted by Gasteiger charge is -2.35. The second kappa shape index (κ2) is 7.15. The van der Waals surface area contributed by atoms with E-state index in [4.69, 9.17) is 0 Å². The highest BCUT2D eigenvalue weighted by Gasteiger charge is 2.29. The van der Waals surface area contributed by atoms with Gasteiger partial charge in [0, 0.05) is 18.9 Å². The van der Waals surface area contributed by atoms with Crippen molar-refractivity contribution in [1.82, 2.24) is 24.5 Å². The van der Waals surface area contributed by atoms with E-state index in [1.807, 2.05) is 65.4 Å². The topological polar surface area (TPSA) is 56.0 Å². The number of likely N-dealkylation sites (tertiary alicyclic amines) is 1. The van der Waals surface area contributed by atoms with Gasteiger partial charge in [-0.15, -0.1) is 0 Å². The van der Waals surface area contributed by atoms with Crippen molar-refractivity contribution >= 4 is 5.91 Å². The van der Waals surface area contributed by atoms with Crippen LogP contribution in [0.1, 0.15) is 35.3 Å². The second-order valence-electron chi connectivity index (χ2n) is 6.87. The van der Waals surface area contributed by atoms with Crippen molar-refractivity contribution in [3.63, 3.8) is 0 Å². The molecule has 6 heteroatoms. The summed E-state index contributed by atoms with van der Waals surface area (Å²) in [6.45, 7) is 3.55. The van der Waals surface area contributed by atoms with Crippen molar-refractivity contribution in [2.75, 3.05) is 6.54 Å². The third kappa shape index (κ3) is 3.40. The highest BCUT2D eigenvalue weighted by Crippen LogP contribution is 2.21. The lowest BCUT2D eigenvalue weighted by molar-refractivity contribution is 0.0577. The molecule has 1 fully saturated rings. The van der Waals surface area contributed by atoms with Gasteiger partial charge in [-0.25, -0.2) is 4.68 Å². The minimum Gasteiger partial charge on any atom is -0.332 e. The molecule has 4 rings (SSSR count). The van der Waals surface area contributed by atoms with Crippen molar-refractivity contribution in [1.29, 1.82) is 0 Å². The van der Waals surface area contributed by atoms with Crippen LogP contribution in [0.3, 0.4) is 0 Å². The van der Waals surface area contributed by atoms with Crippen LogP contribution in [-0.4, -0.2) is 43.0 Å². The van der Waals surface area contributed by atoms with Gasteiger partial charge in [0.25, 0.3) is 5.91 Å². The largest absolute Gasteiger partial charge is 0.332 e. The van der Waals surface area contributed by atoms with E-state index in [0.29, 0.717) is 5.69 Å². The molecule has 0 spiro atoms. The van der Waals surface area contributed by atoms with Gasteiger partial charge in [0.2, 0.25) is 0 Å². The molecule has 0 unspecified atom stereocenters. The van der Waals surface area contributed by atoms with Gasteiger partial charge in [-0.1, -0.05) is 18.2 Å². The molecule has 6 nitrogen and oxygen atoms in total. The first kappa shape index (κ1) is 16.6. The number of carbonyl (C=O) groups excluding carboxylic acids is 1. The Labute approximate surface area is 153 Å². The van der Waals surface area contributed by atoms with Crippen molar-refractivity contribution < 1.29 is 4.79 Å². The van der Waals surface area contributed by atoms with Gasteiger partial charge in [-0.2, -0.15) is 10.2 Å². The Morgan fingerprint density at radius 2 is 2.04 bits per heavy atom. The van der Waals surface area contributed by atoms with Crippen LogP contribution in [0.25, 0.3) is 5.69 Å². The zero-order valence-corrected chi connectivity index (χ0v) is 15.0. The molecule has 0 aliphatic carbocycles. The molecular formula is C20H23N5O. The van der Waals surface area contributed by atoms with Crippen LogP contribution in [-0.2, 0) is 6.54 Å². The molecule has 0 saturated carbocycles. The van der Waals surface area contributed by atoms with Crippen LogP contribution < -0.4 is 0 Å². The number of aromatic nitrogens is 4. The fourth-order valence-corrected chi connectivity index (χ4v) is 3.55. The first-order valence-corrected chi connectivity index (χ1v) is 9.12. The molecule has 1 atom stereocenters. The molecule has 3 heterocycles. The van der Waals surface area contributed by atoms with Crippen molar-refractivity contribution in [3.8, 4) is 5.69 Å². The van der Waals surface area contributed by atoms with Crippen LogP contribution in [0, 0.1) is 6.92 Å². The van der Waals surface area contributed by atoms with Crippen LogP contribution in [0.15, 0.2) is 55.0 Å². The zero-order chi connectivity index (χ0) is 17.9. The quantitative estimate of drug-likeness (QED) is 0.727. The maximum absolute atomic E-state index is 13.1. The molecule has 0 bridgehead atoms. The summed E-state index contributed by atoms with van der Waals surface area (Å²) in [7, 11) is 0. The Bertz CT molecular complexity index is 883. The number of para-hydroxylation sites is 1. The van der Waals surface area contributed by atoms with Crippen molar-refractivity contribution in [3.05, 3.63) is 66.2 Å². The van der Waals surface area contributed by atoms with Crippen LogP contribution >= 0.6 is 0 Å². The summed E-state index contributed by atoms with van der Waals surface area (Å²) in [5.74, 6) is 0.00765. The number of piperidine rings is 1. The third-order valence-electron chi connectivity index (χ3n) is 4.88. The predicted octanol–water partition coefficient (Wildman–Crippen LogP) is 3.07. The van der Waals surface area contributed by atoms with Crippen molar-refractivity contribution in [2.24, 2.45) is 0 Å². The van der Waals surface area contributed by atoms with Crippen LogP contribution in [0.2, 0.25) is 0 Å². The number of amides is 1. The number of carbonyl (C=O) groups is 1. The summed E-state index contributed by atoms with van der Waals surface area (Å²) in [6, 6.07) is 11.8. The van der Waals surface area contributed by atoms with Gasteiger partial charge in [-0.3, -0.25) is 9.48 Å². The summed E-state index contributed by atoms with van der Waals surface area (Å²) in [6.07, 6.45) is 8.92. The number of rotatable bonds is 4. The van der Waals surface area contributed by atoms with Crippen molar-refractivity contribution in [2.45, 2.75) is 38.8 Å². The van der Waals surface area contributed by atoms with Gasteiger partial charge in [0.15, 0.2) is 5.69 Å². The summed E-state index contributed by atoms with van der Waals surface area (Å²) in [5.41, 5.74) is 2.59. The SMILES string of the molecule is Cc1cnn(C[C@H]2CCCCN2C(=O)c2ccn(-c3ccccc3)n2)c1. The number of aryl methyl sites for hydroxylation is 1. The second-order valence-corrected chi connectivity index (χ2v) is 6.87. The third-order valence-corrected chi connectivity index (χ3v) is 4.88. The Hall–Kier alpha value is -2.89. The van der Waals surface area contributed by atoms with E-state index in [9.17, 15) is 4.79 Å². The minimum absolute atomic E-state index is 0.00765. The van der Waals surface area contributed by atoms with Crippen LogP contribution in [0.4, 0.5) is 0 Å². The van der Waals surface area contributed by atoms with E-state index >= 15 is 0 Å². The molecule has 0 radical (unpaired) electrons. The molecule has 1 saturated heterocycles. The standard InChI is InChI=1S/C20H23N5O/c1-16-13-21-23(14-16)15-18-9-5-6-11-24(18)20(26)19-10-12-25(22-19)17-7-3-2-4-8-17/h2-4,7-8,10,12-14,18H,5-6,9,11,15H2,1H3/t18-/m1/s1. The molecule has 2 aromatic heterocycles. The monoisotopic (exact) mass is 349 g/mol. The van der Waals surface area contributed by atoms with Gasteiger partial charge < -0.3 is 4.90 Å². The molecule has 1 amide bonds. The van der Waals surface area contributed by atoms with E-state index in [1.165, 1.54) is 0 Å². The fourth-order valence-electron chi connectivity index (χ4n) is 3.55. The average Bonchev–Trinajstić information content (AvgIpc) is 3.32. The predicted molar refractivity (Wildman–Crippen MR) is 99.2 cm³/mol. The summed E-state index contributed by atoms with van der Waals surface area (Å²) < 4.78 is 3.69. The lowest BCUT2D eigenvalue weighted by Crippen LogP contribution is -2.46. The molecule has 26 heavy (non-hydrogen) atoms. The molecule has 1 aliphatic rings. The maximum Gasteiger partial charge on any atom is 0.274 e. The molecule has 134 valence electrons. The number of benzene rings is 1. The van der Waals surface area contributed by atoms with Gasteiger partial charge >= 0.3 is 0 Å². The van der Waals surface area contributed by atoms with E-state index in [-0.39, 0.29) is 11.9 Å².